The van der Waals surface area contributed by atoms with E-state index in [1.807, 2.05) is 36.4 Å². The van der Waals surface area contributed by atoms with E-state index >= 15 is 0 Å². The average Bonchev–Trinajstić information content (AvgIpc) is 2.68. The monoisotopic (exact) mass is 383 g/mol. The Kier molecular flexibility index (Phi) is 3.81. The number of sulfonamides is 1. The number of nitrogens with zero attached hydrogens (tertiary/aromatic N) is 3. The highest BCUT2D eigenvalue weighted by Gasteiger charge is 2.34. The SMILES string of the molecule is Cn1cc(S(=O)(=O)N2Cc3ccccc3-c3ccccc32)c(=O)n(C)c1=O. The number of hydrogen-bond acceptors (Lipinski definition) is 4. The predicted molar refractivity (Wildman–Crippen MR) is 102 cm³/mol. The van der Waals surface area contributed by atoms with Gasteiger partial charge in [0.1, 0.15) is 0 Å². The zero-order valence-electron chi connectivity index (χ0n) is 14.8. The van der Waals surface area contributed by atoms with Crippen molar-refractivity contribution in [3.8, 4) is 11.1 Å². The lowest BCUT2D eigenvalue weighted by molar-refractivity contribution is 0.579. The lowest BCUT2D eigenvalue weighted by Crippen LogP contribution is -2.43. The smallest absolute Gasteiger partial charge is 0.302 e. The van der Waals surface area contributed by atoms with E-state index in [9.17, 15) is 18.0 Å². The van der Waals surface area contributed by atoms with Crippen LogP contribution in [0.4, 0.5) is 5.69 Å². The topological polar surface area (TPSA) is 81.4 Å². The molecule has 0 bridgehead atoms. The van der Waals surface area contributed by atoms with E-state index in [1.54, 1.807) is 12.1 Å². The van der Waals surface area contributed by atoms with Gasteiger partial charge >= 0.3 is 5.69 Å². The molecular weight excluding hydrogens is 366 g/mol. The molecule has 0 unspecified atom stereocenters. The van der Waals surface area contributed by atoms with Crippen LogP contribution in [0.3, 0.4) is 0 Å². The summed E-state index contributed by atoms with van der Waals surface area (Å²) in [5, 5.41) is 0. The van der Waals surface area contributed by atoms with Gasteiger partial charge in [0.05, 0.1) is 12.2 Å². The molecule has 0 saturated heterocycles. The minimum Gasteiger partial charge on any atom is -0.302 e. The largest absolute Gasteiger partial charge is 0.330 e. The standard InChI is InChI=1S/C19H17N3O4S/c1-20-12-17(18(23)21(2)19(20)24)27(25,26)22-11-13-7-3-4-8-14(13)15-9-5-6-10-16(15)22/h3-10,12H,11H2,1-2H3. The van der Waals surface area contributed by atoms with Crippen LogP contribution >= 0.6 is 0 Å². The van der Waals surface area contributed by atoms with Crippen LogP contribution in [0.25, 0.3) is 11.1 Å². The molecule has 0 aliphatic carbocycles. The Bertz CT molecular complexity index is 1290. The number of hydrogen-bond donors (Lipinski definition) is 0. The molecule has 1 aromatic heterocycles. The zero-order chi connectivity index (χ0) is 19.3. The van der Waals surface area contributed by atoms with Crippen molar-refractivity contribution in [1.29, 1.82) is 0 Å². The fourth-order valence-electron chi connectivity index (χ4n) is 3.36. The Morgan fingerprint density at radius 1 is 0.889 bits per heavy atom. The minimum absolute atomic E-state index is 0.113. The maximum Gasteiger partial charge on any atom is 0.330 e. The molecule has 0 amide bonds. The van der Waals surface area contributed by atoms with E-state index in [1.165, 1.54) is 18.4 Å². The highest BCUT2D eigenvalue weighted by atomic mass is 32.2. The molecule has 1 aliphatic heterocycles. The van der Waals surface area contributed by atoms with Gasteiger partial charge in [-0.25, -0.2) is 13.2 Å². The van der Waals surface area contributed by atoms with Crippen molar-refractivity contribution >= 4 is 15.7 Å². The third kappa shape index (κ3) is 2.52. The Morgan fingerprint density at radius 2 is 1.52 bits per heavy atom. The second-order valence-electron chi connectivity index (χ2n) is 6.44. The van der Waals surface area contributed by atoms with Crippen LogP contribution < -0.4 is 15.6 Å². The molecule has 0 atom stereocenters. The summed E-state index contributed by atoms with van der Waals surface area (Å²) in [5.41, 5.74) is 1.68. The van der Waals surface area contributed by atoms with Crippen molar-refractivity contribution in [3.63, 3.8) is 0 Å². The van der Waals surface area contributed by atoms with Gasteiger partial charge in [-0.05, 0) is 17.2 Å². The summed E-state index contributed by atoms with van der Waals surface area (Å²) in [6.07, 6.45) is 1.09. The van der Waals surface area contributed by atoms with E-state index in [0.717, 1.165) is 32.0 Å². The first-order chi connectivity index (χ1) is 12.8. The van der Waals surface area contributed by atoms with Crippen LogP contribution in [0.1, 0.15) is 5.56 Å². The quantitative estimate of drug-likeness (QED) is 0.671. The third-order valence-corrected chi connectivity index (χ3v) is 6.52. The normalized spacial score (nSPS) is 13.2. The summed E-state index contributed by atoms with van der Waals surface area (Å²) in [4.78, 5) is 24.0. The van der Waals surface area contributed by atoms with Crippen LogP contribution in [-0.2, 0) is 30.7 Å². The summed E-state index contributed by atoms with van der Waals surface area (Å²) in [7, 11) is -1.49. The molecule has 0 fully saturated rings. The van der Waals surface area contributed by atoms with E-state index in [0.29, 0.717) is 5.69 Å². The summed E-state index contributed by atoms with van der Waals surface area (Å²) >= 11 is 0. The van der Waals surface area contributed by atoms with E-state index in [4.69, 9.17) is 0 Å². The fourth-order valence-corrected chi connectivity index (χ4v) is 4.98. The molecule has 0 radical (unpaired) electrons. The van der Waals surface area contributed by atoms with Crippen LogP contribution in [0.15, 0.2) is 69.2 Å². The Labute approximate surface area is 155 Å². The Hall–Kier alpha value is -3.13. The first-order valence-corrected chi connectivity index (χ1v) is 9.73. The van der Waals surface area contributed by atoms with Gasteiger partial charge < -0.3 is 4.57 Å². The highest BCUT2D eigenvalue weighted by Crippen LogP contribution is 2.40. The molecule has 3 aromatic rings. The number of benzene rings is 2. The maximum absolute atomic E-state index is 13.4. The van der Waals surface area contributed by atoms with Gasteiger partial charge in [0.15, 0.2) is 4.90 Å². The highest BCUT2D eigenvalue weighted by molar-refractivity contribution is 7.92. The Balaban J connectivity index is 1.97. The van der Waals surface area contributed by atoms with Gasteiger partial charge in [0.2, 0.25) is 0 Å². The molecule has 8 heteroatoms. The molecule has 2 aromatic carbocycles. The van der Waals surface area contributed by atoms with Crippen molar-refractivity contribution in [2.45, 2.75) is 11.4 Å². The van der Waals surface area contributed by atoms with Crippen LogP contribution in [0, 0.1) is 0 Å². The third-order valence-electron chi connectivity index (χ3n) is 4.78. The van der Waals surface area contributed by atoms with Crippen molar-refractivity contribution < 1.29 is 8.42 Å². The van der Waals surface area contributed by atoms with Crippen LogP contribution in [-0.4, -0.2) is 17.6 Å². The number of para-hydroxylation sites is 1. The number of anilines is 1. The van der Waals surface area contributed by atoms with Crippen LogP contribution in [0.2, 0.25) is 0 Å². The number of rotatable bonds is 2. The van der Waals surface area contributed by atoms with E-state index < -0.39 is 26.2 Å². The van der Waals surface area contributed by atoms with Gasteiger partial charge in [-0.1, -0.05) is 42.5 Å². The number of aromatic nitrogens is 2. The van der Waals surface area contributed by atoms with Gasteiger partial charge in [0.25, 0.3) is 15.6 Å². The molecule has 4 rings (SSSR count). The van der Waals surface area contributed by atoms with Gasteiger partial charge in [0, 0.05) is 25.9 Å². The van der Waals surface area contributed by atoms with Crippen molar-refractivity contribution in [2.75, 3.05) is 4.31 Å². The first-order valence-electron chi connectivity index (χ1n) is 8.29. The molecule has 138 valence electrons. The fraction of sp³-hybridized carbons (Fsp3) is 0.158. The molecule has 0 N–H and O–H groups in total. The minimum atomic E-state index is -4.17. The molecule has 0 saturated carbocycles. The van der Waals surface area contributed by atoms with Crippen LogP contribution in [0.5, 0.6) is 0 Å². The van der Waals surface area contributed by atoms with Gasteiger partial charge in [-0.15, -0.1) is 0 Å². The summed E-state index contributed by atoms with van der Waals surface area (Å²) < 4.78 is 29.9. The lowest BCUT2D eigenvalue weighted by Gasteiger charge is -2.31. The second-order valence-corrected chi connectivity index (χ2v) is 8.27. The average molecular weight is 383 g/mol. The molecule has 1 aliphatic rings. The second kappa shape index (κ2) is 5.95. The maximum atomic E-state index is 13.4. The Morgan fingerprint density at radius 3 is 2.26 bits per heavy atom. The number of fused-ring (bicyclic) bond motifs is 3. The lowest BCUT2D eigenvalue weighted by atomic mass is 9.95. The van der Waals surface area contributed by atoms with Gasteiger partial charge in [-0.2, -0.15) is 0 Å². The summed E-state index contributed by atoms with van der Waals surface area (Å²) in [6.45, 7) is 0.113. The van der Waals surface area contributed by atoms with E-state index in [-0.39, 0.29) is 6.54 Å². The zero-order valence-corrected chi connectivity index (χ0v) is 15.6. The van der Waals surface area contributed by atoms with Crippen molar-refractivity contribution in [2.24, 2.45) is 14.1 Å². The van der Waals surface area contributed by atoms with E-state index in [2.05, 4.69) is 0 Å². The molecule has 2 heterocycles. The van der Waals surface area contributed by atoms with Gasteiger partial charge in [-0.3, -0.25) is 13.7 Å². The molecule has 0 spiro atoms. The van der Waals surface area contributed by atoms with Crippen molar-refractivity contribution in [3.05, 3.63) is 81.1 Å². The first kappa shape index (κ1) is 17.3. The summed E-state index contributed by atoms with van der Waals surface area (Å²) in [6, 6.07) is 14.7. The summed E-state index contributed by atoms with van der Waals surface area (Å²) in [5.74, 6) is 0. The number of aryl methyl sites for hydroxylation is 1. The molecular formula is C19H17N3O4S. The van der Waals surface area contributed by atoms with Crippen molar-refractivity contribution in [1.82, 2.24) is 9.13 Å². The predicted octanol–water partition coefficient (Wildman–Crippen LogP) is 1.46. The molecule has 7 nitrogen and oxygen atoms in total. The molecule has 27 heavy (non-hydrogen) atoms.